The number of hydrogen-bond acceptors (Lipinski definition) is 3. The molecule has 2 aromatic carbocycles. The van der Waals surface area contributed by atoms with Crippen molar-refractivity contribution in [1.29, 1.82) is 0 Å². The Labute approximate surface area is 176 Å². The number of benzene rings is 2. The molecule has 1 saturated heterocycles. The van der Waals surface area contributed by atoms with Gasteiger partial charge < -0.3 is 5.32 Å². The third-order valence-corrected chi connectivity index (χ3v) is 6.49. The highest BCUT2D eigenvalue weighted by molar-refractivity contribution is 5.93. The monoisotopic (exact) mass is 403 g/mol. The Kier molecular flexibility index (Phi) is 4.99. The summed E-state index contributed by atoms with van der Waals surface area (Å²) in [5.41, 5.74) is 2.48. The molecule has 5 heteroatoms. The molecule has 4 nitrogen and oxygen atoms in total. The van der Waals surface area contributed by atoms with Gasteiger partial charge in [0.25, 0.3) is 0 Å². The smallest absolute Gasteiger partial charge is 0.231 e. The zero-order valence-corrected chi connectivity index (χ0v) is 16.9. The normalized spacial score (nSPS) is 21.4. The Morgan fingerprint density at radius 3 is 2.67 bits per heavy atom. The van der Waals surface area contributed by atoms with E-state index in [-0.39, 0.29) is 11.9 Å². The van der Waals surface area contributed by atoms with E-state index in [4.69, 9.17) is 0 Å². The highest BCUT2D eigenvalue weighted by Gasteiger charge is 2.52. The number of halogens is 1. The molecule has 154 valence electrons. The average Bonchev–Trinajstić information content (AvgIpc) is 3.50. The quantitative estimate of drug-likeness (QED) is 0.672. The zero-order valence-electron chi connectivity index (χ0n) is 16.9. The maximum atomic E-state index is 13.7. The van der Waals surface area contributed by atoms with Crippen molar-refractivity contribution in [3.05, 3.63) is 78.0 Å². The van der Waals surface area contributed by atoms with E-state index in [1.807, 2.05) is 60.8 Å². The van der Waals surface area contributed by atoms with Crippen molar-refractivity contribution in [3.8, 4) is 0 Å². The van der Waals surface area contributed by atoms with E-state index in [1.54, 1.807) is 0 Å². The number of nitrogens with one attached hydrogen (secondary N) is 1. The van der Waals surface area contributed by atoms with E-state index in [9.17, 15) is 9.18 Å². The van der Waals surface area contributed by atoms with Crippen molar-refractivity contribution in [2.45, 2.75) is 36.9 Å². The fourth-order valence-corrected chi connectivity index (χ4v) is 4.53. The second-order valence-corrected chi connectivity index (χ2v) is 8.58. The Bertz CT molecular complexity index is 1050. The Balaban J connectivity index is 1.39. The van der Waals surface area contributed by atoms with Gasteiger partial charge in [-0.3, -0.25) is 14.7 Å². The third-order valence-electron chi connectivity index (χ3n) is 6.49. The van der Waals surface area contributed by atoms with Gasteiger partial charge in [0, 0.05) is 31.2 Å². The highest BCUT2D eigenvalue weighted by atomic mass is 19.1. The molecule has 1 aliphatic carbocycles. The summed E-state index contributed by atoms with van der Waals surface area (Å²) in [6.07, 6.45) is 3.31. The summed E-state index contributed by atoms with van der Waals surface area (Å²) in [7, 11) is 0. The molecule has 1 amide bonds. The molecule has 1 saturated carbocycles. The Morgan fingerprint density at radius 2 is 1.93 bits per heavy atom. The lowest BCUT2D eigenvalue weighted by Gasteiger charge is -2.27. The first-order valence-electron chi connectivity index (χ1n) is 10.7. The van der Waals surface area contributed by atoms with E-state index in [0.717, 1.165) is 41.4 Å². The Morgan fingerprint density at radius 1 is 1.17 bits per heavy atom. The van der Waals surface area contributed by atoms with Gasteiger partial charge in [-0.05, 0) is 42.5 Å². The van der Waals surface area contributed by atoms with Gasteiger partial charge in [-0.1, -0.05) is 48.5 Å². The molecule has 1 aromatic heterocycles. The first-order chi connectivity index (χ1) is 14.6. The predicted molar refractivity (Wildman–Crippen MR) is 116 cm³/mol. The number of amides is 1. The van der Waals surface area contributed by atoms with Crippen LogP contribution >= 0.6 is 0 Å². The summed E-state index contributed by atoms with van der Waals surface area (Å²) in [5.74, 6) is 0.0458. The molecule has 0 bridgehead atoms. The van der Waals surface area contributed by atoms with Crippen LogP contribution in [0.2, 0.25) is 0 Å². The topological polar surface area (TPSA) is 45.2 Å². The van der Waals surface area contributed by atoms with Crippen LogP contribution in [-0.2, 0) is 10.2 Å². The minimum Gasteiger partial charge on any atom is -0.347 e. The molecule has 30 heavy (non-hydrogen) atoms. The SMILES string of the molecule is O=C(N[C@H](CN1CC[C@H](F)C1)c1ccccc1)C1(c2cnc3ccccc3c2)CC1. The number of fused-ring (bicyclic) bond motifs is 1. The van der Waals surface area contributed by atoms with E-state index >= 15 is 0 Å². The van der Waals surface area contributed by atoms with E-state index in [0.29, 0.717) is 19.5 Å². The molecular weight excluding hydrogens is 377 g/mol. The van der Waals surface area contributed by atoms with E-state index < -0.39 is 11.6 Å². The number of para-hydroxylation sites is 1. The summed E-state index contributed by atoms with van der Waals surface area (Å²) >= 11 is 0. The van der Waals surface area contributed by atoms with Crippen LogP contribution in [0.5, 0.6) is 0 Å². The first kappa shape index (κ1) is 19.2. The number of alkyl halides is 1. The molecule has 0 radical (unpaired) electrons. The van der Waals surface area contributed by atoms with Gasteiger partial charge in [0.1, 0.15) is 6.17 Å². The van der Waals surface area contributed by atoms with Crippen molar-refractivity contribution in [2.24, 2.45) is 0 Å². The fraction of sp³-hybridized carbons (Fsp3) is 0.360. The zero-order chi connectivity index (χ0) is 20.6. The van der Waals surface area contributed by atoms with E-state index in [2.05, 4.69) is 21.3 Å². The molecule has 1 N–H and O–H groups in total. The van der Waals surface area contributed by atoms with Crippen molar-refractivity contribution in [2.75, 3.05) is 19.6 Å². The number of likely N-dealkylation sites (tertiary alicyclic amines) is 1. The number of carbonyl (C=O) groups excluding carboxylic acids is 1. The number of hydrogen-bond donors (Lipinski definition) is 1. The van der Waals surface area contributed by atoms with Crippen LogP contribution in [0.3, 0.4) is 0 Å². The number of aromatic nitrogens is 1. The van der Waals surface area contributed by atoms with Crippen molar-refractivity contribution in [3.63, 3.8) is 0 Å². The fourth-order valence-electron chi connectivity index (χ4n) is 4.53. The van der Waals surface area contributed by atoms with Gasteiger partial charge in [-0.15, -0.1) is 0 Å². The molecular formula is C25H26FN3O. The average molecular weight is 404 g/mol. The molecule has 1 aliphatic heterocycles. The summed E-state index contributed by atoms with van der Waals surface area (Å²) in [6, 6.07) is 19.9. The van der Waals surface area contributed by atoms with Crippen LogP contribution in [0, 0.1) is 0 Å². The molecule has 2 atom stereocenters. The second-order valence-electron chi connectivity index (χ2n) is 8.58. The van der Waals surface area contributed by atoms with Gasteiger partial charge in [0.15, 0.2) is 0 Å². The molecule has 5 rings (SSSR count). The minimum absolute atomic E-state index is 0.0458. The number of rotatable bonds is 6. The van der Waals surface area contributed by atoms with Crippen molar-refractivity contribution >= 4 is 16.8 Å². The van der Waals surface area contributed by atoms with Crippen molar-refractivity contribution < 1.29 is 9.18 Å². The predicted octanol–water partition coefficient (Wildman–Crippen LogP) is 4.17. The third kappa shape index (κ3) is 3.70. The minimum atomic E-state index is -0.768. The number of pyridine rings is 1. The maximum Gasteiger partial charge on any atom is 0.231 e. The molecule has 0 spiro atoms. The van der Waals surface area contributed by atoms with Crippen LogP contribution < -0.4 is 5.32 Å². The summed E-state index contributed by atoms with van der Waals surface area (Å²) in [6.45, 7) is 1.81. The molecule has 3 aromatic rings. The summed E-state index contributed by atoms with van der Waals surface area (Å²) < 4.78 is 13.7. The largest absolute Gasteiger partial charge is 0.347 e. The lowest BCUT2D eigenvalue weighted by Crippen LogP contribution is -2.42. The van der Waals surface area contributed by atoms with Gasteiger partial charge >= 0.3 is 0 Å². The highest BCUT2D eigenvalue weighted by Crippen LogP contribution is 2.49. The molecule has 2 heterocycles. The number of carbonyl (C=O) groups is 1. The van der Waals surface area contributed by atoms with Crippen molar-refractivity contribution in [1.82, 2.24) is 15.2 Å². The summed E-state index contributed by atoms with van der Waals surface area (Å²) in [4.78, 5) is 20.1. The first-order valence-corrected chi connectivity index (χ1v) is 10.7. The lowest BCUT2D eigenvalue weighted by atomic mass is 9.94. The Hall–Kier alpha value is -2.79. The van der Waals surface area contributed by atoms with Crippen LogP contribution in [0.1, 0.15) is 36.4 Å². The lowest BCUT2D eigenvalue weighted by molar-refractivity contribution is -0.124. The van der Waals surface area contributed by atoms with Gasteiger partial charge in [-0.25, -0.2) is 4.39 Å². The maximum absolute atomic E-state index is 13.7. The molecule has 0 unspecified atom stereocenters. The van der Waals surface area contributed by atoms with Gasteiger partial charge in [-0.2, -0.15) is 0 Å². The van der Waals surface area contributed by atoms with Crippen LogP contribution in [0.15, 0.2) is 66.9 Å². The molecule has 2 aliphatic rings. The second kappa shape index (κ2) is 7.80. The van der Waals surface area contributed by atoms with Crippen LogP contribution in [0.25, 0.3) is 10.9 Å². The summed E-state index contributed by atoms with van der Waals surface area (Å²) in [5, 5.41) is 4.35. The molecule has 2 fully saturated rings. The van der Waals surface area contributed by atoms with Crippen LogP contribution in [-0.4, -0.2) is 41.6 Å². The van der Waals surface area contributed by atoms with Crippen LogP contribution in [0.4, 0.5) is 4.39 Å². The van der Waals surface area contributed by atoms with E-state index in [1.165, 1.54) is 0 Å². The number of nitrogens with zero attached hydrogens (tertiary/aromatic N) is 2. The van der Waals surface area contributed by atoms with Gasteiger partial charge in [0.2, 0.25) is 5.91 Å². The van der Waals surface area contributed by atoms with Gasteiger partial charge in [0.05, 0.1) is 17.0 Å². The standard InChI is InChI=1S/C25H26FN3O/c26-21-10-13-29(16-21)17-23(18-6-2-1-3-7-18)28-24(30)25(11-12-25)20-14-19-8-4-5-9-22(19)27-15-20/h1-9,14-15,21,23H,10-13,16-17H2,(H,28,30)/t21-,23+/m0/s1.